The first-order valence-corrected chi connectivity index (χ1v) is 7.72. The summed E-state index contributed by atoms with van der Waals surface area (Å²) in [5, 5.41) is 0. The molecule has 2 atom stereocenters. The molecular formula is C13H16N2OS2. The Morgan fingerprint density at radius 1 is 1.28 bits per heavy atom. The van der Waals surface area contributed by atoms with Gasteiger partial charge in [-0.2, -0.15) is 0 Å². The number of benzene rings is 1. The SMILES string of the molecule is CC1COCC(C)N1Sc1nc2ccccc2s1. The van der Waals surface area contributed by atoms with E-state index in [1.807, 2.05) is 6.07 Å². The minimum absolute atomic E-state index is 0.436. The van der Waals surface area contributed by atoms with Crippen LogP contribution in [0, 0.1) is 0 Å². The number of ether oxygens (including phenoxy) is 1. The average molecular weight is 280 g/mol. The summed E-state index contributed by atoms with van der Waals surface area (Å²) in [5.41, 5.74) is 1.10. The van der Waals surface area contributed by atoms with Crippen LogP contribution in [0.3, 0.4) is 0 Å². The molecule has 0 aliphatic carbocycles. The van der Waals surface area contributed by atoms with E-state index in [4.69, 9.17) is 4.74 Å². The van der Waals surface area contributed by atoms with Crippen molar-refractivity contribution in [1.82, 2.24) is 9.29 Å². The number of nitrogens with zero attached hydrogens (tertiary/aromatic N) is 2. The van der Waals surface area contributed by atoms with Gasteiger partial charge in [-0.3, -0.25) is 0 Å². The van der Waals surface area contributed by atoms with Crippen LogP contribution in [0.1, 0.15) is 13.8 Å². The molecule has 0 N–H and O–H groups in total. The molecule has 1 aliphatic heterocycles. The van der Waals surface area contributed by atoms with Gasteiger partial charge in [0.25, 0.3) is 0 Å². The van der Waals surface area contributed by atoms with E-state index < -0.39 is 0 Å². The maximum absolute atomic E-state index is 5.55. The zero-order valence-electron chi connectivity index (χ0n) is 10.5. The lowest BCUT2D eigenvalue weighted by Gasteiger charge is -2.36. The van der Waals surface area contributed by atoms with Crippen LogP contribution in [0.25, 0.3) is 10.2 Å². The molecule has 0 spiro atoms. The quantitative estimate of drug-likeness (QED) is 0.787. The van der Waals surface area contributed by atoms with Crippen LogP contribution in [0.5, 0.6) is 0 Å². The first kappa shape index (κ1) is 12.4. The highest BCUT2D eigenvalue weighted by Crippen LogP contribution is 2.34. The Labute approximate surface area is 115 Å². The van der Waals surface area contributed by atoms with Crippen molar-refractivity contribution in [3.8, 4) is 0 Å². The lowest BCUT2D eigenvalue weighted by Crippen LogP contribution is -2.45. The number of aromatic nitrogens is 1. The molecule has 3 rings (SSSR count). The minimum atomic E-state index is 0.436. The van der Waals surface area contributed by atoms with Crippen molar-refractivity contribution in [2.24, 2.45) is 0 Å². The van der Waals surface area contributed by atoms with Crippen LogP contribution >= 0.6 is 23.3 Å². The number of rotatable bonds is 2. The second-order valence-corrected chi connectivity index (χ2v) is 6.91. The molecule has 0 radical (unpaired) electrons. The van der Waals surface area contributed by atoms with E-state index in [1.165, 1.54) is 4.70 Å². The zero-order chi connectivity index (χ0) is 12.5. The van der Waals surface area contributed by atoms with E-state index in [9.17, 15) is 0 Å². The van der Waals surface area contributed by atoms with Crippen molar-refractivity contribution in [3.05, 3.63) is 24.3 Å². The van der Waals surface area contributed by atoms with Gasteiger partial charge in [0.2, 0.25) is 0 Å². The Hall–Kier alpha value is -0.620. The molecular weight excluding hydrogens is 264 g/mol. The third-order valence-corrected chi connectivity index (χ3v) is 5.53. The van der Waals surface area contributed by atoms with Gasteiger partial charge >= 0.3 is 0 Å². The van der Waals surface area contributed by atoms with E-state index in [1.54, 1.807) is 23.3 Å². The number of hydrogen-bond acceptors (Lipinski definition) is 5. The largest absolute Gasteiger partial charge is 0.378 e. The molecule has 2 aromatic rings. The van der Waals surface area contributed by atoms with E-state index >= 15 is 0 Å². The second-order valence-electron chi connectivity index (χ2n) is 4.63. The van der Waals surface area contributed by atoms with Gasteiger partial charge in [0.05, 0.1) is 23.4 Å². The lowest BCUT2D eigenvalue weighted by atomic mass is 10.2. The Balaban J connectivity index is 1.82. The molecule has 2 unspecified atom stereocenters. The fraction of sp³-hybridized carbons (Fsp3) is 0.462. The standard InChI is InChI=1S/C13H16N2OS2/c1-9-7-16-8-10(2)15(9)18-13-14-11-5-3-4-6-12(11)17-13/h3-6,9-10H,7-8H2,1-2H3. The number of hydrogen-bond donors (Lipinski definition) is 0. The van der Waals surface area contributed by atoms with Crippen molar-refractivity contribution in [2.75, 3.05) is 13.2 Å². The predicted octanol–water partition coefficient (Wildman–Crippen LogP) is 3.41. The maximum Gasteiger partial charge on any atom is 0.166 e. The maximum atomic E-state index is 5.55. The van der Waals surface area contributed by atoms with Gasteiger partial charge in [-0.05, 0) is 37.9 Å². The molecule has 96 valence electrons. The van der Waals surface area contributed by atoms with E-state index in [0.29, 0.717) is 12.1 Å². The van der Waals surface area contributed by atoms with Crippen molar-refractivity contribution in [1.29, 1.82) is 0 Å². The summed E-state index contributed by atoms with van der Waals surface area (Å²) in [4.78, 5) is 4.67. The van der Waals surface area contributed by atoms with Crippen molar-refractivity contribution in [3.63, 3.8) is 0 Å². The summed E-state index contributed by atoms with van der Waals surface area (Å²) in [6.07, 6.45) is 0. The van der Waals surface area contributed by atoms with Crippen molar-refractivity contribution in [2.45, 2.75) is 30.3 Å². The van der Waals surface area contributed by atoms with Gasteiger partial charge in [-0.25, -0.2) is 9.29 Å². The summed E-state index contributed by atoms with van der Waals surface area (Å²) < 4.78 is 10.3. The summed E-state index contributed by atoms with van der Waals surface area (Å²) in [6.45, 7) is 6.02. The van der Waals surface area contributed by atoms with E-state index in [-0.39, 0.29) is 0 Å². The van der Waals surface area contributed by atoms with Gasteiger partial charge < -0.3 is 4.74 Å². The Bertz CT molecular complexity index is 500. The van der Waals surface area contributed by atoms with Crippen LogP contribution in [0.15, 0.2) is 28.6 Å². The second kappa shape index (κ2) is 5.17. The van der Waals surface area contributed by atoms with E-state index in [0.717, 1.165) is 23.1 Å². The molecule has 0 bridgehead atoms. The fourth-order valence-corrected chi connectivity index (χ4v) is 4.33. The summed E-state index contributed by atoms with van der Waals surface area (Å²) in [7, 11) is 0. The van der Waals surface area contributed by atoms with Gasteiger partial charge in [-0.1, -0.05) is 12.1 Å². The third-order valence-electron chi connectivity index (χ3n) is 3.04. The molecule has 1 aromatic heterocycles. The Morgan fingerprint density at radius 2 is 2.00 bits per heavy atom. The summed E-state index contributed by atoms with van der Waals surface area (Å²) >= 11 is 3.53. The number of morpholine rings is 1. The van der Waals surface area contributed by atoms with Crippen molar-refractivity contribution < 1.29 is 4.74 Å². The van der Waals surface area contributed by atoms with Crippen LogP contribution in [0.4, 0.5) is 0 Å². The molecule has 1 fully saturated rings. The first-order valence-electron chi connectivity index (χ1n) is 6.13. The smallest absolute Gasteiger partial charge is 0.166 e. The van der Waals surface area contributed by atoms with Crippen LogP contribution in [-0.2, 0) is 4.74 Å². The van der Waals surface area contributed by atoms with Gasteiger partial charge in [0.15, 0.2) is 4.34 Å². The molecule has 1 saturated heterocycles. The van der Waals surface area contributed by atoms with Crippen LogP contribution < -0.4 is 0 Å². The molecule has 3 nitrogen and oxygen atoms in total. The fourth-order valence-electron chi connectivity index (χ4n) is 2.15. The molecule has 0 saturated carbocycles. The molecule has 1 aliphatic rings. The highest BCUT2D eigenvalue weighted by molar-refractivity contribution is 7.99. The summed E-state index contributed by atoms with van der Waals surface area (Å²) in [6, 6.07) is 9.17. The topological polar surface area (TPSA) is 25.4 Å². The highest BCUT2D eigenvalue weighted by Gasteiger charge is 2.27. The van der Waals surface area contributed by atoms with Crippen LogP contribution in [0.2, 0.25) is 0 Å². The highest BCUT2D eigenvalue weighted by atomic mass is 32.2. The van der Waals surface area contributed by atoms with Crippen molar-refractivity contribution >= 4 is 33.5 Å². The third kappa shape index (κ3) is 2.40. The zero-order valence-corrected chi connectivity index (χ0v) is 12.1. The van der Waals surface area contributed by atoms with Gasteiger partial charge in [0, 0.05) is 12.1 Å². The molecule has 2 heterocycles. The molecule has 0 amide bonds. The monoisotopic (exact) mass is 280 g/mol. The first-order chi connectivity index (χ1) is 8.74. The van der Waals surface area contributed by atoms with E-state index in [2.05, 4.69) is 41.3 Å². The lowest BCUT2D eigenvalue weighted by molar-refractivity contribution is 0.0114. The predicted molar refractivity (Wildman–Crippen MR) is 77.1 cm³/mol. The van der Waals surface area contributed by atoms with Gasteiger partial charge in [-0.15, -0.1) is 11.3 Å². The van der Waals surface area contributed by atoms with Gasteiger partial charge in [0.1, 0.15) is 0 Å². The molecule has 5 heteroatoms. The number of fused-ring (bicyclic) bond motifs is 1. The molecule has 1 aromatic carbocycles. The summed E-state index contributed by atoms with van der Waals surface area (Å²) in [5.74, 6) is 0. The Kier molecular flexibility index (Phi) is 3.56. The number of para-hydroxylation sites is 1. The minimum Gasteiger partial charge on any atom is -0.378 e. The normalized spacial score (nSPS) is 25.7. The average Bonchev–Trinajstić information content (AvgIpc) is 2.76. The number of thiazole rings is 1. The Morgan fingerprint density at radius 3 is 2.72 bits per heavy atom. The van der Waals surface area contributed by atoms with Crippen LogP contribution in [-0.4, -0.2) is 34.6 Å². The molecule has 18 heavy (non-hydrogen) atoms.